The first-order valence-electron chi connectivity index (χ1n) is 10.3. The van der Waals surface area contributed by atoms with Crippen molar-refractivity contribution in [1.29, 1.82) is 0 Å². The fourth-order valence-corrected chi connectivity index (χ4v) is 6.31. The molecule has 6 bridgehead atoms. The number of anilines is 1. The van der Waals surface area contributed by atoms with Crippen molar-refractivity contribution in [2.24, 2.45) is 0 Å². The van der Waals surface area contributed by atoms with Crippen LogP contribution in [0.1, 0.15) is 12.5 Å². The summed E-state index contributed by atoms with van der Waals surface area (Å²) in [6.07, 6.45) is -11.6. The van der Waals surface area contributed by atoms with E-state index in [1.54, 1.807) is 0 Å². The maximum atomic E-state index is 12.8. The highest BCUT2D eigenvalue weighted by Gasteiger charge is 2.52. The Labute approximate surface area is 199 Å². The summed E-state index contributed by atoms with van der Waals surface area (Å²) in [4.78, 5) is 38.7. The third kappa shape index (κ3) is 4.41. The molecule has 36 heavy (non-hydrogen) atoms. The summed E-state index contributed by atoms with van der Waals surface area (Å²) >= 11 is 0. The minimum atomic E-state index is -5.28. The van der Waals surface area contributed by atoms with Crippen LogP contribution in [0.4, 0.5) is 5.95 Å². The maximum Gasteiger partial charge on any atom is 0.481 e. The number of H-pyrrole nitrogens is 1. The number of phosphoric acid groups is 2. The number of aromatic amines is 1. The van der Waals surface area contributed by atoms with E-state index in [9.17, 15) is 44.1 Å². The van der Waals surface area contributed by atoms with Crippen LogP contribution in [-0.2, 0) is 32.0 Å². The average molecular weight is 558 g/mol. The van der Waals surface area contributed by atoms with Crippen molar-refractivity contribution >= 4 is 32.8 Å². The monoisotopic (exact) mass is 558 g/mol. The number of hydrogen-bond donors (Lipinski definition) is 8. The zero-order valence-electron chi connectivity index (χ0n) is 17.9. The number of hydrogen-bond acceptors (Lipinski definition) is 14. The van der Waals surface area contributed by atoms with Gasteiger partial charge in [0.2, 0.25) is 18.0 Å². The maximum absolute atomic E-state index is 12.8. The first-order valence-corrected chi connectivity index (χ1v) is 13.3. The van der Waals surface area contributed by atoms with Crippen molar-refractivity contribution in [3.63, 3.8) is 0 Å². The van der Waals surface area contributed by atoms with Crippen LogP contribution in [0.3, 0.4) is 0 Å². The molecule has 10 atom stereocenters. The summed E-state index contributed by atoms with van der Waals surface area (Å²) in [6, 6.07) is 0. The number of rotatable bonds is 0. The Morgan fingerprint density at radius 3 is 2.22 bits per heavy atom. The number of ether oxygens (including phenoxy) is 2. The summed E-state index contributed by atoms with van der Waals surface area (Å²) < 4.78 is 51.0. The zero-order chi connectivity index (χ0) is 26.2. The molecule has 5 rings (SSSR count). The van der Waals surface area contributed by atoms with Gasteiger partial charge in [-0.2, -0.15) is 4.31 Å². The lowest BCUT2D eigenvalue weighted by Crippen LogP contribution is -2.46. The standard InChI is InChI=1S/C15H21N5O14P2/c16-15-17-11-6(12(25)18-15)19-3-20(11)14-10(24)8(22)5(33-14)2-31-36(28,29)34-35(26,27)30-1-4-7(21)9(23)13(19)32-4/h3-5,7-10,13-14,21-24H,1-2H2,(H4-,16,17,18,25,26,27,28,29)/p+1/t4-,5-,7-,8-,9-,10-,13-,14-/m1/s1. The van der Waals surface area contributed by atoms with E-state index in [0.29, 0.717) is 0 Å². The van der Waals surface area contributed by atoms with E-state index >= 15 is 0 Å². The van der Waals surface area contributed by atoms with Crippen LogP contribution < -0.4 is 15.9 Å². The summed E-state index contributed by atoms with van der Waals surface area (Å²) in [6.45, 7) is -1.78. The Kier molecular flexibility index (Phi) is 6.37. The zero-order valence-corrected chi connectivity index (χ0v) is 19.7. The van der Waals surface area contributed by atoms with Crippen LogP contribution in [0.25, 0.3) is 11.2 Å². The summed E-state index contributed by atoms with van der Waals surface area (Å²) in [5, 5.41) is 42.1. The Hall–Kier alpha value is -1.83. The smallest absolute Gasteiger partial charge is 0.387 e. The molecule has 0 amide bonds. The molecule has 21 heteroatoms. The molecule has 19 nitrogen and oxygen atoms in total. The van der Waals surface area contributed by atoms with E-state index in [4.69, 9.17) is 15.2 Å². The number of nitrogen functional groups attached to an aromatic ring is 1. The number of aromatic nitrogens is 4. The van der Waals surface area contributed by atoms with E-state index in [-0.39, 0.29) is 17.1 Å². The number of nitrogens with two attached hydrogens (primary N) is 1. The second kappa shape index (κ2) is 8.88. The Balaban J connectivity index is 1.66. The Bertz CT molecular complexity index is 1330. The van der Waals surface area contributed by atoms with Gasteiger partial charge < -0.3 is 45.4 Å². The number of aliphatic hydroxyl groups excluding tert-OH is 4. The molecule has 0 aliphatic carbocycles. The molecule has 2 fully saturated rings. The van der Waals surface area contributed by atoms with Gasteiger partial charge in [-0.1, -0.05) is 4.98 Å². The van der Waals surface area contributed by atoms with Gasteiger partial charge >= 0.3 is 21.3 Å². The molecule has 3 aliphatic heterocycles. The minimum Gasteiger partial charge on any atom is -0.387 e. The third-order valence-electron chi connectivity index (χ3n) is 5.88. The lowest BCUT2D eigenvalue weighted by atomic mass is 10.1. The van der Waals surface area contributed by atoms with Crippen molar-refractivity contribution in [3.8, 4) is 0 Å². The molecular formula is C15H22N5O14P2+. The fraction of sp³-hybridized carbons (Fsp3) is 0.667. The summed E-state index contributed by atoms with van der Waals surface area (Å²) in [5.41, 5.74) is 4.43. The third-order valence-corrected chi connectivity index (χ3v) is 8.48. The van der Waals surface area contributed by atoms with E-state index < -0.39 is 83.5 Å². The topological polar surface area (TPSA) is 282 Å². The largest absolute Gasteiger partial charge is 0.481 e. The van der Waals surface area contributed by atoms with Gasteiger partial charge in [-0.15, -0.1) is 0 Å². The van der Waals surface area contributed by atoms with Crippen molar-refractivity contribution in [2.45, 2.75) is 49.1 Å². The molecule has 3 aliphatic rings. The lowest BCUT2D eigenvalue weighted by molar-refractivity contribution is -0.746. The molecule has 2 aromatic heterocycles. The van der Waals surface area contributed by atoms with Gasteiger partial charge in [0.1, 0.15) is 36.6 Å². The predicted molar refractivity (Wildman–Crippen MR) is 109 cm³/mol. The van der Waals surface area contributed by atoms with Crippen molar-refractivity contribution in [1.82, 2.24) is 14.5 Å². The van der Waals surface area contributed by atoms with Gasteiger partial charge in [-0.05, 0) is 0 Å². The molecule has 2 unspecified atom stereocenters. The SMILES string of the molecule is Nc1nc2c(c(=O)[nH]1)n1c[n+]2[C@@H]2O[C@H](COP(=O)(O)OP(=O)(O)OC[C@H]3O[C@@H]1[C@H](O)[C@@H]3O)[C@@H](O)[C@H]2O. The highest BCUT2D eigenvalue weighted by atomic mass is 31.3. The van der Waals surface area contributed by atoms with Gasteiger partial charge in [0.25, 0.3) is 11.5 Å². The summed E-state index contributed by atoms with van der Waals surface area (Å²) in [5.74, 6) is -0.325. The van der Waals surface area contributed by atoms with Gasteiger partial charge in [0, 0.05) is 0 Å². The van der Waals surface area contributed by atoms with Crippen molar-refractivity contribution in [2.75, 3.05) is 18.9 Å². The predicted octanol–water partition coefficient (Wildman–Crippen LogP) is -3.90. The Morgan fingerprint density at radius 1 is 1.00 bits per heavy atom. The molecular weight excluding hydrogens is 536 g/mol. The van der Waals surface area contributed by atoms with Crippen molar-refractivity contribution < 1.29 is 66.7 Å². The molecule has 0 saturated carbocycles. The average Bonchev–Trinajstić information content (AvgIpc) is 3.37. The normalized spacial score (nSPS) is 43.7. The highest BCUT2D eigenvalue weighted by molar-refractivity contribution is 7.61. The molecule has 5 heterocycles. The summed E-state index contributed by atoms with van der Waals surface area (Å²) in [7, 11) is -10.6. The second-order valence-corrected chi connectivity index (χ2v) is 11.3. The van der Waals surface area contributed by atoms with Crippen LogP contribution in [0.5, 0.6) is 0 Å². The fourth-order valence-electron chi connectivity index (χ4n) is 4.22. The minimum absolute atomic E-state index is 0.181. The number of nitrogens with one attached hydrogen (secondary N) is 1. The van der Waals surface area contributed by atoms with Gasteiger partial charge in [-0.3, -0.25) is 18.8 Å². The molecule has 9 N–H and O–H groups in total. The number of imidazole rings is 1. The Morgan fingerprint density at radius 2 is 1.58 bits per heavy atom. The molecule has 0 aromatic carbocycles. The van der Waals surface area contributed by atoms with Gasteiger partial charge in [0.05, 0.1) is 13.2 Å². The molecule has 0 spiro atoms. The molecule has 2 aromatic rings. The number of phosphoric ester groups is 2. The highest BCUT2D eigenvalue weighted by Crippen LogP contribution is 2.60. The van der Waals surface area contributed by atoms with E-state index in [0.717, 1.165) is 15.5 Å². The molecule has 200 valence electrons. The molecule has 2 saturated heterocycles. The van der Waals surface area contributed by atoms with Crippen LogP contribution in [0, 0.1) is 0 Å². The number of aliphatic hydroxyl groups is 4. The van der Waals surface area contributed by atoms with E-state index in [2.05, 4.69) is 23.3 Å². The second-order valence-electron chi connectivity index (χ2n) is 8.26. The van der Waals surface area contributed by atoms with Crippen LogP contribution >= 0.6 is 15.6 Å². The van der Waals surface area contributed by atoms with Crippen LogP contribution in [0.2, 0.25) is 0 Å². The van der Waals surface area contributed by atoms with Crippen LogP contribution in [-0.4, -0.2) is 94.6 Å². The van der Waals surface area contributed by atoms with E-state index in [1.807, 2.05) is 0 Å². The first-order chi connectivity index (χ1) is 16.8. The van der Waals surface area contributed by atoms with Gasteiger partial charge in [-0.25, -0.2) is 18.3 Å². The van der Waals surface area contributed by atoms with Crippen molar-refractivity contribution in [3.05, 3.63) is 16.7 Å². The first kappa shape index (κ1) is 25.8. The molecule has 0 radical (unpaired) electrons. The number of fused-ring (bicyclic) bond motifs is 11. The van der Waals surface area contributed by atoms with E-state index in [1.165, 1.54) is 0 Å². The lowest BCUT2D eigenvalue weighted by Gasteiger charge is -2.20. The number of nitrogens with zero attached hydrogens (tertiary/aromatic N) is 3. The van der Waals surface area contributed by atoms with Gasteiger partial charge in [0.15, 0.2) is 6.33 Å². The quantitative estimate of drug-likeness (QED) is 0.113. The van der Waals surface area contributed by atoms with Crippen LogP contribution in [0.15, 0.2) is 11.1 Å².